The molecule has 0 aromatic heterocycles. The molecule has 1 unspecified atom stereocenters. The molecule has 0 saturated carbocycles. The highest BCUT2D eigenvalue weighted by molar-refractivity contribution is 5.79. The first-order chi connectivity index (χ1) is 6.70. The molecule has 1 fully saturated rings. The summed E-state index contributed by atoms with van der Waals surface area (Å²) >= 11 is 0. The first kappa shape index (κ1) is 11.5. The van der Waals surface area contributed by atoms with E-state index >= 15 is 0 Å². The summed E-state index contributed by atoms with van der Waals surface area (Å²) in [5, 5.41) is 0. The van der Waals surface area contributed by atoms with Crippen LogP contribution in [-0.4, -0.2) is 29.4 Å². The monoisotopic (exact) mass is 198 g/mol. The smallest absolute Gasteiger partial charge is 0.234 e. The summed E-state index contributed by atoms with van der Waals surface area (Å²) in [6.45, 7) is 5.28. The highest BCUT2D eigenvalue weighted by Crippen LogP contribution is 2.24. The Morgan fingerprint density at radius 2 is 2.29 bits per heavy atom. The minimum Gasteiger partial charge on any atom is -0.368 e. The van der Waals surface area contributed by atoms with E-state index in [4.69, 9.17) is 5.73 Å². The maximum Gasteiger partial charge on any atom is 0.234 e. The third kappa shape index (κ3) is 2.47. The molecule has 3 nitrogen and oxygen atoms in total. The lowest BCUT2D eigenvalue weighted by molar-refractivity contribution is -0.123. The average molecular weight is 198 g/mol. The molecule has 0 aromatic rings. The van der Waals surface area contributed by atoms with Crippen molar-refractivity contribution in [3.05, 3.63) is 0 Å². The van der Waals surface area contributed by atoms with E-state index in [0.717, 1.165) is 13.0 Å². The zero-order valence-electron chi connectivity index (χ0n) is 9.33. The van der Waals surface area contributed by atoms with Crippen LogP contribution in [0.1, 0.15) is 46.0 Å². The van der Waals surface area contributed by atoms with Crippen molar-refractivity contribution in [1.29, 1.82) is 0 Å². The van der Waals surface area contributed by atoms with Crippen molar-refractivity contribution < 1.29 is 4.79 Å². The van der Waals surface area contributed by atoms with Crippen LogP contribution in [0.15, 0.2) is 0 Å². The van der Waals surface area contributed by atoms with Gasteiger partial charge >= 0.3 is 0 Å². The SMILES string of the molecule is CCCC1CCCN1[C@H](CC)C(N)=O. The summed E-state index contributed by atoms with van der Waals surface area (Å²) in [6, 6.07) is 0.562. The fourth-order valence-electron chi connectivity index (χ4n) is 2.51. The highest BCUT2D eigenvalue weighted by atomic mass is 16.1. The molecule has 82 valence electrons. The van der Waals surface area contributed by atoms with Gasteiger partial charge < -0.3 is 5.73 Å². The van der Waals surface area contributed by atoms with Crippen LogP contribution in [0.5, 0.6) is 0 Å². The Morgan fingerprint density at radius 3 is 2.79 bits per heavy atom. The van der Waals surface area contributed by atoms with Crippen LogP contribution in [0.25, 0.3) is 0 Å². The number of carbonyl (C=O) groups excluding carboxylic acids is 1. The van der Waals surface area contributed by atoms with Crippen LogP contribution in [-0.2, 0) is 4.79 Å². The van der Waals surface area contributed by atoms with Crippen molar-refractivity contribution in [3.63, 3.8) is 0 Å². The van der Waals surface area contributed by atoms with Gasteiger partial charge in [-0.1, -0.05) is 20.3 Å². The summed E-state index contributed by atoms with van der Waals surface area (Å²) in [7, 11) is 0. The van der Waals surface area contributed by atoms with Gasteiger partial charge in [0.1, 0.15) is 0 Å². The molecule has 1 amide bonds. The summed E-state index contributed by atoms with van der Waals surface area (Å²) < 4.78 is 0. The van der Waals surface area contributed by atoms with Gasteiger partial charge in [0.05, 0.1) is 6.04 Å². The molecule has 1 heterocycles. The largest absolute Gasteiger partial charge is 0.368 e. The van der Waals surface area contributed by atoms with Crippen LogP contribution >= 0.6 is 0 Å². The highest BCUT2D eigenvalue weighted by Gasteiger charge is 2.31. The van der Waals surface area contributed by atoms with Gasteiger partial charge in [0, 0.05) is 6.04 Å². The summed E-state index contributed by atoms with van der Waals surface area (Å²) in [4.78, 5) is 13.6. The number of hydrogen-bond donors (Lipinski definition) is 1. The van der Waals surface area contributed by atoms with Gasteiger partial charge in [-0.15, -0.1) is 0 Å². The molecule has 1 saturated heterocycles. The zero-order valence-corrected chi connectivity index (χ0v) is 9.33. The standard InChI is InChI=1S/C11H22N2O/c1-3-6-9-7-5-8-13(9)10(4-2)11(12)14/h9-10H,3-8H2,1-2H3,(H2,12,14)/t9?,10-/m1/s1. The number of rotatable bonds is 5. The second-order valence-electron chi connectivity index (χ2n) is 4.15. The molecule has 0 spiro atoms. The Kier molecular flexibility index (Phi) is 4.39. The van der Waals surface area contributed by atoms with Crippen LogP contribution in [0, 0.1) is 0 Å². The lowest BCUT2D eigenvalue weighted by Crippen LogP contribution is -2.46. The van der Waals surface area contributed by atoms with Crippen LogP contribution in [0.2, 0.25) is 0 Å². The minimum atomic E-state index is -0.157. The van der Waals surface area contributed by atoms with Crippen molar-refractivity contribution in [3.8, 4) is 0 Å². The van der Waals surface area contributed by atoms with E-state index < -0.39 is 0 Å². The van der Waals surface area contributed by atoms with E-state index in [1.165, 1.54) is 25.7 Å². The molecular weight excluding hydrogens is 176 g/mol. The van der Waals surface area contributed by atoms with Crippen molar-refractivity contribution >= 4 is 5.91 Å². The van der Waals surface area contributed by atoms with Gasteiger partial charge in [0.25, 0.3) is 0 Å². The fraction of sp³-hybridized carbons (Fsp3) is 0.909. The zero-order chi connectivity index (χ0) is 10.6. The number of nitrogens with two attached hydrogens (primary N) is 1. The van der Waals surface area contributed by atoms with Crippen molar-refractivity contribution in [2.75, 3.05) is 6.54 Å². The number of hydrogen-bond acceptors (Lipinski definition) is 2. The summed E-state index contributed by atoms with van der Waals surface area (Å²) in [5.41, 5.74) is 5.40. The Labute approximate surface area is 86.6 Å². The maximum atomic E-state index is 11.2. The van der Waals surface area contributed by atoms with E-state index in [1.807, 2.05) is 6.92 Å². The van der Waals surface area contributed by atoms with E-state index in [2.05, 4.69) is 11.8 Å². The lowest BCUT2D eigenvalue weighted by atomic mass is 10.1. The molecule has 0 aromatic carbocycles. The molecule has 14 heavy (non-hydrogen) atoms. The predicted molar refractivity (Wildman–Crippen MR) is 57.9 cm³/mol. The van der Waals surface area contributed by atoms with Gasteiger partial charge in [-0.2, -0.15) is 0 Å². The molecule has 3 heteroatoms. The van der Waals surface area contributed by atoms with Crippen LogP contribution in [0.4, 0.5) is 0 Å². The molecule has 0 aliphatic carbocycles. The molecule has 2 N–H and O–H groups in total. The van der Waals surface area contributed by atoms with E-state index in [9.17, 15) is 4.79 Å². The third-order valence-electron chi connectivity index (χ3n) is 3.16. The average Bonchev–Trinajstić information content (AvgIpc) is 2.55. The van der Waals surface area contributed by atoms with E-state index in [1.54, 1.807) is 0 Å². The third-order valence-corrected chi connectivity index (χ3v) is 3.16. The van der Waals surface area contributed by atoms with Gasteiger partial charge in [-0.3, -0.25) is 9.69 Å². The normalized spacial score (nSPS) is 25.1. The number of amides is 1. The molecule has 1 aliphatic rings. The van der Waals surface area contributed by atoms with E-state index in [-0.39, 0.29) is 11.9 Å². The lowest BCUT2D eigenvalue weighted by Gasteiger charge is -2.30. The molecule has 1 rings (SSSR count). The Morgan fingerprint density at radius 1 is 1.57 bits per heavy atom. The first-order valence-electron chi connectivity index (χ1n) is 5.75. The maximum absolute atomic E-state index is 11.2. The topological polar surface area (TPSA) is 46.3 Å². The Bertz CT molecular complexity index is 194. The first-order valence-corrected chi connectivity index (χ1v) is 5.75. The molecule has 0 bridgehead atoms. The van der Waals surface area contributed by atoms with Crippen LogP contribution < -0.4 is 5.73 Å². The molecular formula is C11H22N2O. The molecule has 2 atom stereocenters. The molecule has 1 aliphatic heterocycles. The predicted octanol–water partition coefficient (Wildman–Crippen LogP) is 1.51. The van der Waals surface area contributed by atoms with Crippen molar-refractivity contribution in [1.82, 2.24) is 4.90 Å². The minimum absolute atomic E-state index is 0.0333. The number of primary amides is 1. The van der Waals surface area contributed by atoms with Gasteiger partial charge in [0.15, 0.2) is 0 Å². The Hall–Kier alpha value is -0.570. The summed E-state index contributed by atoms with van der Waals surface area (Å²) in [6.07, 6.45) is 5.68. The number of likely N-dealkylation sites (tertiary alicyclic amines) is 1. The summed E-state index contributed by atoms with van der Waals surface area (Å²) in [5.74, 6) is -0.157. The number of carbonyl (C=O) groups is 1. The number of nitrogens with zero attached hydrogens (tertiary/aromatic N) is 1. The van der Waals surface area contributed by atoms with Gasteiger partial charge in [0.2, 0.25) is 5.91 Å². The van der Waals surface area contributed by atoms with Crippen LogP contribution in [0.3, 0.4) is 0 Å². The van der Waals surface area contributed by atoms with Crippen molar-refractivity contribution in [2.24, 2.45) is 5.73 Å². The molecule has 0 radical (unpaired) electrons. The second kappa shape index (κ2) is 5.35. The quantitative estimate of drug-likeness (QED) is 0.728. The Balaban J connectivity index is 2.59. The fourth-order valence-corrected chi connectivity index (χ4v) is 2.51. The van der Waals surface area contributed by atoms with Crippen molar-refractivity contribution in [2.45, 2.75) is 58.0 Å². The van der Waals surface area contributed by atoms with Gasteiger partial charge in [-0.25, -0.2) is 0 Å². The second-order valence-corrected chi connectivity index (χ2v) is 4.15. The van der Waals surface area contributed by atoms with Gasteiger partial charge in [-0.05, 0) is 32.2 Å². The van der Waals surface area contributed by atoms with E-state index in [0.29, 0.717) is 6.04 Å².